The van der Waals surface area contributed by atoms with Crippen molar-refractivity contribution in [2.45, 2.75) is 63.9 Å². The lowest BCUT2D eigenvalue weighted by Crippen LogP contribution is -2.52. The van der Waals surface area contributed by atoms with E-state index in [-0.39, 0.29) is 18.4 Å². The second-order valence-corrected chi connectivity index (χ2v) is 10.7. The standard InChI is InChI=1S/C26H29Cl2NO4/c1-26(2,3)33-22(30)14-21-25(31)29(15-16-7-8-16)23(17-9-11-19(27)12-10-17)24(32-21)18-5-4-6-20(28)13-18/h4-6,9-13,16,21,23-24H,7-8,14-15H2,1-3H3/t21-,23+,24+/m0/s1. The molecule has 0 N–H and O–H groups in total. The average Bonchev–Trinajstić information content (AvgIpc) is 3.54. The Kier molecular flexibility index (Phi) is 7.04. The van der Waals surface area contributed by atoms with Gasteiger partial charge in [-0.3, -0.25) is 9.59 Å². The highest BCUT2D eigenvalue weighted by atomic mass is 35.5. The molecular weight excluding hydrogens is 461 g/mol. The second-order valence-electron chi connectivity index (χ2n) is 9.82. The number of halogens is 2. The first-order valence-electron chi connectivity index (χ1n) is 11.3. The van der Waals surface area contributed by atoms with Gasteiger partial charge in [-0.15, -0.1) is 0 Å². The first-order valence-corrected chi connectivity index (χ1v) is 12.0. The van der Waals surface area contributed by atoms with Gasteiger partial charge in [0.25, 0.3) is 5.91 Å². The summed E-state index contributed by atoms with van der Waals surface area (Å²) in [6.07, 6.45) is 0.634. The smallest absolute Gasteiger partial charge is 0.309 e. The Balaban J connectivity index is 1.72. The van der Waals surface area contributed by atoms with E-state index < -0.39 is 23.8 Å². The third-order valence-corrected chi connectivity index (χ3v) is 6.29. The molecule has 1 heterocycles. The molecule has 2 aliphatic rings. The van der Waals surface area contributed by atoms with Crippen LogP contribution in [-0.2, 0) is 19.1 Å². The predicted octanol–water partition coefficient (Wildman–Crippen LogP) is 6.15. The Morgan fingerprint density at radius 2 is 1.76 bits per heavy atom. The fraction of sp³-hybridized carbons (Fsp3) is 0.462. The summed E-state index contributed by atoms with van der Waals surface area (Å²) in [5, 5.41) is 1.21. The Morgan fingerprint density at radius 1 is 1.06 bits per heavy atom. The van der Waals surface area contributed by atoms with E-state index in [1.807, 2.05) is 47.4 Å². The Bertz CT molecular complexity index is 1010. The van der Waals surface area contributed by atoms with Crippen molar-refractivity contribution in [2.24, 2.45) is 5.92 Å². The van der Waals surface area contributed by atoms with E-state index in [1.165, 1.54) is 0 Å². The molecule has 0 unspecified atom stereocenters. The Labute approximate surface area is 205 Å². The number of amides is 1. The molecule has 1 saturated carbocycles. The molecule has 2 fully saturated rings. The minimum Gasteiger partial charge on any atom is -0.460 e. The van der Waals surface area contributed by atoms with Gasteiger partial charge in [-0.25, -0.2) is 0 Å². The first-order chi connectivity index (χ1) is 15.6. The maximum Gasteiger partial charge on any atom is 0.309 e. The molecule has 2 aromatic carbocycles. The fourth-order valence-corrected chi connectivity index (χ4v) is 4.53. The number of nitrogens with zero attached hydrogens (tertiary/aromatic N) is 1. The van der Waals surface area contributed by atoms with Gasteiger partial charge in [-0.1, -0.05) is 47.5 Å². The number of esters is 1. The van der Waals surface area contributed by atoms with Gasteiger partial charge in [-0.2, -0.15) is 0 Å². The van der Waals surface area contributed by atoms with Gasteiger partial charge in [0.05, 0.1) is 12.5 Å². The zero-order valence-corrected chi connectivity index (χ0v) is 20.6. The summed E-state index contributed by atoms with van der Waals surface area (Å²) in [5.41, 5.74) is 1.14. The van der Waals surface area contributed by atoms with Crippen LogP contribution in [0.5, 0.6) is 0 Å². The Morgan fingerprint density at radius 3 is 2.36 bits per heavy atom. The molecule has 0 spiro atoms. The summed E-state index contributed by atoms with van der Waals surface area (Å²) in [6, 6.07) is 14.6. The molecule has 176 valence electrons. The quantitative estimate of drug-likeness (QED) is 0.456. The highest BCUT2D eigenvalue weighted by Gasteiger charge is 2.46. The zero-order valence-electron chi connectivity index (χ0n) is 19.1. The van der Waals surface area contributed by atoms with Crippen LogP contribution in [0.2, 0.25) is 10.0 Å². The normalized spacial score (nSPS) is 23.5. The van der Waals surface area contributed by atoms with E-state index in [2.05, 4.69) is 0 Å². The van der Waals surface area contributed by atoms with E-state index in [0.717, 1.165) is 24.0 Å². The van der Waals surface area contributed by atoms with Gasteiger partial charge in [-0.05, 0) is 74.9 Å². The molecule has 33 heavy (non-hydrogen) atoms. The minimum atomic E-state index is -0.925. The number of hydrogen-bond donors (Lipinski definition) is 0. The predicted molar refractivity (Wildman–Crippen MR) is 128 cm³/mol. The van der Waals surface area contributed by atoms with Crippen molar-refractivity contribution in [3.8, 4) is 0 Å². The van der Waals surface area contributed by atoms with Crippen LogP contribution in [0.4, 0.5) is 0 Å². The van der Waals surface area contributed by atoms with Gasteiger partial charge in [0, 0.05) is 16.6 Å². The van der Waals surface area contributed by atoms with Crippen molar-refractivity contribution in [3.63, 3.8) is 0 Å². The Hall–Kier alpha value is -2.08. The van der Waals surface area contributed by atoms with E-state index >= 15 is 0 Å². The molecule has 2 aromatic rings. The van der Waals surface area contributed by atoms with Crippen LogP contribution in [0.25, 0.3) is 0 Å². The molecule has 1 aliphatic carbocycles. The van der Waals surface area contributed by atoms with Crippen LogP contribution in [0.15, 0.2) is 48.5 Å². The van der Waals surface area contributed by atoms with E-state index in [4.69, 9.17) is 32.7 Å². The molecule has 7 heteroatoms. The molecule has 0 radical (unpaired) electrons. The van der Waals surface area contributed by atoms with Crippen molar-refractivity contribution in [2.75, 3.05) is 6.54 Å². The maximum atomic E-state index is 13.6. The van der Waals surface area contributed by atoms with Gasteiger partial charge in [0.1, 0.15) is 17.8 Å². The number of carbonyl (C=O) groups excluding carboxylic acids is 2. The maximum absolute atomic E-state index is 13.6. The number of hydrogen-bond acceptors (Lipinski definition) is 4. The van der Waals surface area contributed by atoms with E-state index in [9.17, 15) is 9.59 Å². The summed E-state index contributed by atoms with van der Waals surface area (Å²) in [4.78, 5) is 28.1. The molecule has 1 amide bonds. The number of benzene rings is 2. The van der Waals surface area contributed by atoms with Gasteiger partial charge >= 0.3 is 5.97 Å². The molecule has 4 rings (SSSR count). The summed E-state index contributed by atoms with van der Waals surface area (Å²) in [6.45, 7) is 6.04. The summed E-state index contributed by atoms with van der Waals surface area (Å²) >= 11 is 12.4. The van der Waals surface area contributed by atoms with Crippen molar-refractivity contribution < 1.29 is 19.1 Å². The average molecular weight is 490 g/mol. The van der Waals surface area contributed by atoms with Crippen LogP contribution in [0.3, 0.4) is 0 Å². The van der Waals surface area contributed by atoms with Crippen molar-refractivity contribution >= 4 is 35.1 Å². The monoisotopic (exact) mass is 489 g/mol. The van der Waals surface area contributed by atoms with Crippen LogP contribution >= 0.6 is 23.2 Å². The molecule has 1 aliphatic heterocycles. The number of morpholine rings is 1. The SMILES string of the molecule is CC(C)(C)OC(=O)C[C@@H]1O[C@H](c2cccc(Cl)c2)[C@@H](c2ccc(Cl)cc2)N(CC2CC2)C1=O. The van der Waals surface area contributed by atoms with Crippen molar-refractivity contribution in [1.29, 1.82) is 0 Å². The van der Waals surface area contributed by atoms with Crippen LogP contribution in [0.1, 0.15) is 63.3 Å². The zero-order chi connectivity index (χ0) is 23.8. The molecule has 1 saturated heterocycles. The van der Waals surface area contributed by atoms with Gasteiger partial charge in [0.2, 0.25) is 0 Å². The third kappa shape index (κ3) is 6.08. The largest absolute Gasteiger partial charge is 0.460 e. The van der Waals surface area contributed by atoms with Crippen LogP contribution < -0.4 is 0 Å². The lowest BCUT2D eigenvalue weighted by atomic mass is 9.91. The van der Waals surface area contributed by atoms with Gasteiger partial charge in [0.15, 0.2) is 0 Å². The third-order valence-electron chi connectivity index (χ3n) is 5.80. The number of rotatable bonds is 6. The summed E-state index contributed by atoms with van der Waals surface area (Å²) < 4.78 is 11.8. The summed E-state index contributed by atoms with van der Waals surface area (Å²) in [5.74, 6) is -0.183. The number of ether oxygens (including phenoxy) is 2. The molecule has 0 aromatic heterocycles. The highest BCUT2D eigenvalue weighted by Crippen LogP contribution is 2.45. The summed E-state index contributed by atoms with van der Waals surface area (Å²) in [7, 11) is 0. The van der Waals surface area contributed by atoms with Crippen molar-refractivity contribution in [3.05, 3.63) is 69.7 Å². The minimum absolute atomic E-state index is 0.137. The second kappa shape index (κ2) is 9.65. The van der Waals surface area contributed by atoms with E-state index in [0.29, 0.717) is 22.5 Å². The molecular formula is C26H29Cl2NO4. The molecule has 5 nitrogen and oxygen atoms in total. The lowest BCUT2D eigenvalue weighted by molar-refractivity contribution is -0.183. The highest BCUT2D eigenvalue weighted by molar-refractivity contribution is 6.30. The lowest BCUT2D eigenvalue weighted by Gasteiger charge is -2.45. The van der Waals surface area contributed by atoms with Gasteiger partial charge < -0.3 is 14.4 Å². The first kappa shape index (κ1) is 24.1. The van der Waals surface area contributed by atoms with Crippen LogP contribution in [0, 0.1) is 5.92 Å². The van der Waals surface area contributed by atoms with Crippen LogP contribution in [-0.4, -0.2) is 35.0 Å². The topological polar surface area (TPSA) is 55.8 Å². The number of carbonyl (C=O) groups is 2. The fourth-order valence-electron chi connectivity index (χ4n) is 4.21. The molecule has 0 bridgehead atoms. The molecule has 3 atom stereocenters. The van der Waals surface area contributed by atoms with E-state index in [1.54, 1.807) is 26.8 Å². The van der Waals surface area contributed by atoms with Crippen molar-refractivity contribution in [1.82, 2.24) is 4.90 Å².